The SMILES string of the molecule is CN(C)c1ccc(C=Nn2c(-c3cccc(C(F)(F)F)c3)nc3ccccc3c2=O)c(OCc2cccc([N+](=O)[O-])c2)c1. The quantitative estimate of drug-likeness (QED) is 0.116. The number of nitrogens with zero attached hydrogens (tertiary/aromatic N) is 5. The van der Waals surface area contributed by atoms with Gasteiger partial charge in [0.2, 0.25) is 0 Å². The van der Waals surface area contributed by atoms with E-state index in [1.54, 1.807) is 54.6 Å². The fourth-order valence-electron chi connectivity index (χ4n) is 4.33. The van der Waals surface area contributed by atoms with Gasteiger partial charge in [-0.2, -0.15) is 22.9 Å². The molecule has 12 heteroatoms. The van der Waals surface area contributed by atoms with Gasteiger partial charge in [0, 0.05) is 49.1 Å². The second-order valence-electron chi connectivity index (χ2n) is 9.72. The third-order valence-electron chi connectivity index (χ3n) is 6.54. The van der Waals surface area contributed by atoms with E-state index in [9.17, 15) is 28.1 Å². The maximum Gasteiger partial charge on any atom is 0.416 e. The van der Waals surface area contributed by atoms with Gasteiger partial charge in [-0.3, -0.25) is 14.9 Å². The summed E-state index contributed by atoms with van der Waals surface area (Å²) < 4.78 is 47.5. The molecule has 43 heavy (non-hydrogen) atoms. The summed E-state index contributed by atoms with van der Waals surface area (Å²) in [6.45, 7) is 0.00631. The number of para-hydroxylation sites is 1. The van der Waals surface area contributed by atoms with Crippen LogP contribution in [0.2, 0.25) is 0 Å². The lowest BCUT2D eigenvalue weighted by atomic mass is 10.1. The Bertz CT molecular complexity index is 1920. The van der Waals surface area contributed by atoms with Crippen molar-refractivity contribution in [3.63, 3.8) is 0 Å². The number of benzene rings is 4. The van der Waals surface area contributed by atoms with Gasteiger partial charge in [-0.1, -0.05) is 36.4 Å². The van der Waals surface area contributed by atoms with E-state index in [0.717, 1.165) is 22.5 Å². The molecule has 0 spiro atoms. The van der Waals surface area contributed by atoms with Crippen LogP contribution < -0.4 is 15.2 Å². The molecule has 5 rings (SSSR count). The molecule has 0 aliphatic carbocycles. The molecule has 218 valence electrons. The lowest BCUT2D eigenvalue weighted by Crippen LogP contribution is -2.20. The van der Waals surface area contributed by atoms with Gasteiger partial charge in [0.25, 0.3) is 11.2 Å². The van der Waals surface area contributed by atoms with Crippen LogP contribution in [0.4, 0.5) is 24.5 Å². The second-order valence-corrected chi connectivity index (χ2v) is 9.72. The van der Waals surface area contributed by atoms with Crippen molar-refractivity contribution in [3.8, 4) is 17.1 Å². The summed E-state index contributed by atoms with van der Waals surface area (Å²) in [5.41, 5.74) is 0.635. The fraction of sp³-hybridized carbons (Fsp3) is 0.129. The number of halogens is 3. The average molecular weight is 588 g/mol. The van der Waals surface area contributed by atoms with Crippen LogP contribution in [-0.4, -0.2) is 34.9 Å². The molecule has 0 aliphatic rings. The smallest absolute Gasteiger partial charge is 0.416 e. The monoisotopic (exact) mass is 587 g/mol. The highest BCUT2D eigenvalue weighted by molar-refractivity contribution is 5.85. The number of nitro groups is 1. The predicted molar refractivity (Wildman–Crippen MR) is 158 cm³/mol. The Labute approximate surface area is 243 Å². The topological polar surface area (TPSA) is 103 Å². The average Bonchev–Trinajstić information content (AvgIpc) is 2.99. The van der Waals surface area contributed by atoms with Crippen molar-refractivity contribution in [1.29, 1.82) is 0 Å². The summed E-state index contributed by atoms with van der Waals surface area (Å²) >= 11 is 0. The first-order chi connectivity index (χ1) is 20.5. The molecule has 0 fully saturated rings. The van der Waals surface area contributed by atoms with Gasteiger partial charge in [0.1, 0.15) is 12.4 Å². The van der Waals surface area contributed by atoms with E-state index in [1.807, 2.05) is 19.0 Å². The number of non-ortho nitro benzene ring substituents is 1. The van der Waals surface area contributed by atoms with Crippen molar-refractivity contribution in [1.82, 2.24) is 9.66 Å². The number of ether oxygens (including phenoxy) is 1. The number of fused-ring (bicyclic) bond motifs is 1. The third-order valence-corrected chi connectivity index (χ3v) is 6.54. The van der Waals surface area contributed by atoms with Crippen LogP contribution in [0.3, 0.4) is 0 Å². The standard InChI is InChI=1S/C31H24F3N5O4/c1-37(2)24-14-13-22(28(17-24)43-19-20-7-5-10-25(15-20)39(41)42)18-35-38-29(21-8-6-9-23(16-21)31(32,33)34)36-27-12-4-3-11-26(27)30(38)40/h3-18H,19H2,1-2H3. The van der Waals surface area contributed by atoms with Crippen molar-refractivity contribution >= 4 is 28.5 Å². The lowest BCUT2D eigenvalue weighted by molar-refractivity contribution is -0.384. The number of alkyl halides is 3. The van der Waals surface area contributed by atoms with Gasteiger partial charge < -0.3 is 9.64 Å². The largest absolute Gasteiger partial charge is 0.488 e. The van der Waals surface area contributed by atoms with Gasteiger partial charge in [-0.05, 0) is 42.0 Å². The molecule has 0 aliphatic heterocycles. The zero-order valence-corrected chi connectivity index (χ0v) is 22.9. The van der Waals surface area contributed by atoms with Gasteiger partial charge >= 0.3 is 6.18 Å². The molecular weight excluding hydrogens is 563 g/mol. The minimum absolute atomic E-state index is 0.00631. The molecule has 5 aromatic rings. The number of hydrogen-bond donors (Lipinski definition) is 0. The maximum absolute atomic E-state index is 13.5. The van der Waals surface area contributed by atoms with Crippen molar-refractivity contribution in [2.45, 2.75) is 12.8 Å². The summed E-state index contributed by atoms with van der Waals surface area (Å²) in [5, 5.41) is 15.8. The third kappa shape index (κ3) is 6.38. The van der Waals surface area contributed by atoms with Gasteiger partial charge in [0.05, 0.1) is 27.6 Å². The summed E-state index contributed by atoms with van der Waals surface area (Å²) in [6.07, 6.45) is -3.24. The summed E-state index contributed by atoms with van der Waals surface area (Å²) in [7, 11) is 3.68. The van der Waals surface area contributed by atoms with Crippen LogP contribution in [-0.2, 0) is 12.8 Å². The number of anilines is 1. The molecule has 0 unspecified atom stereocenters. The Morgan fingerprint density at radius 1 is 1.00 bits per heavy atom. The molecule has 0 N–H and O–H groups in total. The van der Waals surface area contributed by atoms with Crippen molar-refractivity contribution in [2.75, 3.05) is 19.0 Å². The highest BCUT2D eigenvalue weighted by Crippen LogP contribution is 2.32. The number of rotatable bonds is 8. The summed E-state index contributed by atoms with van der Waals surface area (Å²) in [5.74, 6) is 0.291. The van der Waals surface area contributed by atoms with E-state index in [1.165, 1.54) is 30.5 Å². The van der Waals surface area contributed by atoms with Gasteiger partial charge in [-0.15, -0.1) is 0 Å². The van der Waals surface area contributed by atoms with Crippen LogP contribution in [0.15, 0.2) is 101 Å². The minimum atomic E-state index is -4.60. The molecular formula is C31H24F3N5O4. The molecule has 0 saturated carbocycles. The molecule has 0 bridgehead atoms. The predicted octanol–water partition coefficient (Wildman–Crippen LogP) is 6.52. The van der Waals surface area contributed by atoms with E-state index in [0.29, 0.717) is 22.4 Å². The van der Waals surface area contributed by atoms with Crippen LogP contribution in [0.5, 0.6) is 5.75 Å². The molecule has 1 aromatic heterocycles. The summed E-state index contributed by atoms with van der Waals surface area (Å²) in [6, 6.07) is 22.3. The number of nitro benzene ring substituents is 1. The van der Waals surface area contributed by atoms with Gasteiger partial charge in [-0.25, -0.2) is 4.98 Å². The Kier molecular flexibility index (Phi) is 7.93. The Morgan fingerprint density at radius 3 is 2.51 bits per heavy atom. The number of aromatic nitrogens is 2. The maximum atomic E-state index is 13.5. The van der Waals surface area contributed by atoms with Crippen LogP contribution in [0.25, 0.3) is 22.3 Å². The van der Waals surface area contributed by atoms with Crippen LogP contribution in [0, 0.1) is 10.1 Å². The van der Waals surface area contributed by atoms with Crippen molar-refractivity contribution in [3.05, 3.63) is 128 Å². The molecule has 0 radical (unpaired) electrons. The molecule has 0 amide bonds. The molecule has 9 nitrogen and oxygen atoms in total. The highest BCUT2D eigenvalue weighted by Gasteiger charge is 2.31. The molecule has 4 aromatic carbocycles. The Morgan fingerprint density at radius 2 is 1.77 bits per heavy atom. The fourth-order valence-corrected chi connectivity index (χ4v) is 4.33. The van der Waals surface area contributed by atoms with Crippen LogP contribution in [0.1, 0.15) is 16.7 Å². The Hall–Kier alpha value is -5.52. The zero-order chi connectivity index (χ0) is 30.7. The minimum Gasteiger partial charge on any atom is -0.488 e. The molecule has 0 saturated heterocycles. The first kappa shape index (κ1) is 29.0. The van der Waals surface area contributed by atoms with E-state index >= 15 is 0 Å². The van der Waals surface area contributed by atoms with E-state index in [-0.39, 0.29) is 29.1 Å². The van der Waals surface area contributed by atoms with E-state index in [4.69, 9.17) is 4.74 Å². The first-order valence-electron chi connectivity index (χ1n) is 12.9. The highest BCUT2D eigenvalue weighted by atomic mass is 19.4. The second kappa shape index (κ2) is 11.8. The van der Waals surface area contributed by atoms with Gasteiger partial charge in [0.15, 0.2) is 5.82 Å². The van der Waals surface area contributed by atoms with Crippen molar-refractivity contribution in [2.24, 2.45) is 5.10 Å². The van der Waals surface area contributed by atoms with Crippen LogP contribution >= 0.6 is 0 Å². The first-order valence-corrected chi connectivity index (χ1v) is 12.9. The lowest BCUT2D eigenvalue weighted by Gasteiger charge is -2.16. The number of hydrogen-bond acceptors (Lipinski definition) is 7. The normalized spacial score (nSPS) is 11.7. The molecule has 1 heterocycles. The van der Waals surface area contributed by atoms with Crippen molar-refractivity contribution < 1.29 is 22.8 Å². The van der Waals surface area contributed by atoms with E-state index in [2.05, 4.69) is 10.1 Å². The summed E-state index contributed by atoms with van der Waals surface area (Å²) in [4.78, 5) is 30.6. The zero-order valence-electron chi connectivity index (χ0n) is 22.9. The molecule has 0 atom stereocenters. The van der Waals surface area contributed by atoms with E-state index < -0.39 is 22.2 Å². The Balaban J connectivity index is 1.59.